The average Bonchev–Trinajstić information content (AvgIpc) is 2.56. The quantitative estimate of drug-likeness (QED) is 0.575. The zero-order valence-electron chi connectivity index (χ0n) is 15.5. The Hall–Kier alpha value is -0.580. The molecule has 4 bridgehead atoms. The molecule has 0 N–H and O–H groups in total. The molecule has 1 atom stereocenters. The third kappa shape index (κ3) is 3.38. The Morgan fingerprint density at radius 1 is 1.12 bits per heavy atom. The lowest BCUT2D eigenvalue weighted by molar-refractivity contribution is -0.150. The standard InChI is InChI=1S/C21H29BrO3/c1-13-4-20(25-12-24-14(2)23-3)18(8-19(13)22)21-9-15-5-16(10-21)7-17(6-15)11-21/h4,8,14-17H,5-7,9-12H2,1-3H3. The largest absolute Gasteiger partial charge is 0.467 e. The van der Waals surface area contributed by atoms with E-state index in [0.717, 1.165) is 23.5 Å². The summed E-state index contributed by atoms with van der Waals surface area (Å²) in [6, 6.07) is 4.51. The smallest absolute Gasteiger partial charge is 0.191 e. The van der Waals surface area contributed by atoms with Gasteiger partial charge in [0.25, 0.3) is 0 Å². The topological polar surface area (TPSA) is 27.7 Å². The molecule has 4 aliphatic rings. The molecule has 4 heteroatoms. The minimum Gasteiger partial charge on any atom is -0.467 e. The molecule has 4 saturated carbocycles. The van der Waals surface area contributed by atoms with Gasteiger partial charge in [0, 0.05) is 17.1 Å². The van der Waals surface area contributed by atoms with Crippen LogP contribution in [0.2, 0.25) is 0 Å². The second-order valence-electron chi connectivity index (χ2n) is 8.53. The molecule has 4 fully saturated rings. The molecule has 0 radical (unpaired) electrons. The summed E-state index contributed by atoms with van der Waals surface area (Å²) in [4.78, 5) is 0. The number of aryl methyl sites for hydroxylation is 1. The summed E-state index contributed by atoms with van der Waals surface area (Å²) >= 11 is 3.76. The lowest BCUT2D eigenvalue weighted by Gasteiger charge is -2.57. The molecule has 138 valence electrons. The van der Waals surface area contributed by atoms with Crippen LogP contribution in [0.15, 0.2) is 16.6 Å². The molecular weight excluding hydrogens is 380 g/mol. The molecule has 0 aliphatic heterocycles. The highest BCUT2D eigenvalue weighted by atomic mass is 79.9. The van der Waals surface area contributed by atoms with Gasteiger partial charge in [-0.1, -0.05) is 15.9 Å². The molecule has 0 saturated heterocycles. The Labute approximate surface area is 159 Å². The van der Waals surface area contributed by atoms with Crippen LogP contribution in [-0.4, -0.2) is 20.2 Å². The van der Waals surface area contributed by atoms with Crippen LogP contribution in [0.5, 0.6) is 5.75 Å². The van der Waals surface area contributed by atoms with Crippen molar-refractivity contribution in [2.75, 3.05) is 13.9 Å². The minimum absolute atomic E-state index is 0.232. The molecule has 25 heavy (non-hydrogen) atoms. The van der Waals surface area contributed by atoms with Crippen LogP contribution in [0.3, 0.4) is 0 Å². The highest BCUT2D eigenvalue weighted by molar-refractivity contribution is 9.10. The van der Waals surface area contributed by atoms with Gasteiger partial charge in [0.2, 0.25) is 0 Å². The maximum absolute atomic E-state index is 6.11. The van der Waals surface area contributed by atoms with Crippen molar-refractivity contribution in [2.45, 2.75) is 64.1 Å². The van der Waals surface area contributed by atoms with Crippen molar-refractivity contribution >= 4 is 15.9 Å². The van der Waals surface area contributed by atoms with Gasteiger partial charge in [-0.25, -0.2) is 0 Å². The van der Waals surface area contributed by atoms with Gasteiger partial charge in [-0.05, 0) is 93.2 Å². The second kappa shape index (κ2) is 6.86. The Balaban J connectivity index is 1.63. The fourth-order valence-corrected chi connectivity index (χ4v) is 6.23. The maximum atomic E-state index is 6.11. The summed E-state index contributed by atoms with van der Waals surface area (Å²) < 4.78 is 18.0. The zero-order chi connectivity index (χ0) is 17.6. The summed E-state index contributed by atoms with van der Waals surface area (Å²) in [5, 5.41) is 0. The van der Waals surface area contributed by atoms with E-state index in [1.165, 1.54) is 54.1 Å². The Bertz CT molecular complexity index is 607. The van der Waals surface area contributed by atoms with Gasteiger partial charge >= 0.3 is 0 Å². The minimum atomic E-state index is -0.250. The Kier molecular flexibility index (Phi) is 4.89. The van der Waals surface area contributed by atoms with Crippen LogP contribution in [0.25, 0.3) is 0 Å². The van der Waals surface area contributed by atoms with Crippen LogP contribution < -0.4 is 4.74 Å². The van der Waals surface area contributed by atoms with E-state index in [9.17, 15) is 0 Å². The van der Waals surface area contributed by atoms with E-state index < -0.39 is 0 Å². The van der Waals surface area contributed by atoms with Crippen molar-refractivity contribution in [3.63, 3.8) is 0 Å². The molecule has 1 aromatic carbocycles. The number of hydrogen-bond donors (Lipinski definition) is 0. The zero-order valence-corrected chi connectivity index (χ0v) is 17.1. The molecule has 0 heterocycles. The van der Waals surface area contributed by atoms with Gasteiger partial charge in [-0.2, -0.15) is 0 Å². The number of halogens is 1. The van der Waals surface area contributed by atoms with Crippen molar-refractivity contribution in [3.05, 3.63) is 27.7 Å². The second-order valence-corrected chi connectivity index (χ2v) is 9.38. The molecule has 0 spiro atoms. The van der Waals surface area contributed by atoms with Crippen molar-refractivity contribution in [1.82, 2.24) is 0 Å². The molecule has 1 aromatic rings. The molecule has 4 aliphatic carbocycles. The normalized spacial score (nSPS) is 34.3. The van der Waals surface area contributed by atoms with Crippen molar-refractivity contribution < 1.29 is 14.2 Å². The van der Waals surface area contributed by atoms with E-state index in [1.807, 2.05) is 6.92 Å². The van der Waals surface area contributed by atoms with Gasteiger partial charge < -0.3 is 14.2 Å². The first-order valence-corrected chi connectivity index (χ1v) is 10.4. The van der Waals surface area contributed by atoms with E-state index in [4.69, 9.17) is 14.2 Å². The third-order valence-corrected chi connectivity index (χ3v) is 7.57. The van der Waals surface area contributed by atoms with Gasteiger partial charge in [0.15, 0.2) is 13.1 Å². The number of methoxy groups -OCH3 is 1. The lowest BCUT2D eigenvalue weighted by Crippen LogP contribution is -2.48. The molecule has 0 amide bonds. The fourth-order valence-electron chi connectivity index (χ4n) is 5.89. The van der Waals surface area contributed by atoms with E-state index in [1.54, 1.807) is 7.11 Å². The summed E-state index contributed by atoms with van der Waals surface area (Å²) in [6.07, 6.45) is 8.12. The molecule has 5 rings (SSSR count). The highest BCUT2D eigenvalue weighted by Crippen LogP contribution is 2.62. The lowest BCUT2D eigenvalue weighted by atomic mass is 9.48. The Morgan fingerprint density at radius 3 is 2.28 bits per heavy atom. The summed E-state index contributed by atoms with van der Waals surface area (Å²) in [5.41, 5.74) is 2.92. The molecule has 3 nitrogen and oxygen atoms in total. The van der Waals surface area contributed by atoms with Crippen molar-refractivity contribution in [3.8, 4) is 5.75 Å². The van der Waals surface area contributed by atoms with Gasteiger partial charge in [-0.15, -0.1) is 0 Å². The van der Waals surface area contributed by atoms with Gasteiger partial charge in [0.1, 0.15) is 5.75 Å². The molecular formula is C21H29BrO3. The summed E-state index contributed by atoms with van der Waals surface area (Å²) in [6.45, 7) is 4.24. The first kappa shape index (κ1) is 17.8. The molecule has 1 unspecified atom stereocenters. The number of benzene rings is 1. The van der Waals surface area contributed by atoms with Crippen LogP contribution in [0, 0.1) is 24.7 Å². The maximum Gasteiger partial charge on any atom is 0.191 e. The highest BCUT2D eigenvalue weighted by Gasteiger charge is 2.52. The van der Waals surface area contributed by atoms with E-state index in [0.29, 0.717) is 5.41 Å². The van der Waals surface area contributed by atoms with Gasteiger partial charge in [-0.3, -0.25) is 0 Å². The average molecular weight is 409 g/mol. The predicted molar refractivity (Wildman–Crippen MR) is 102 cm³/mol. The number of hydrogen-bond acceptors (Lipinski definition) is 3. The van der Waals surface area contributed by atoms with Gasteiger partial charge in [0.05, 0.1) is 0 Å². The first-order chi connectivity index (χ1) is 12.0. The SMILES string of the molecule is COC(C)OCOc1cc(C)c(Br)cc1C12CC3CC(CC(C3)C1)C2. The molecule has 0 aromatic heterocycles. The van der Waals surface area contributed by atoms with Crippen LogP contribution >= 0.6 is 15.9 Å². The Morgan fingerprint density at radius 2 is 1.72 bits per heavy atom. The summed E-state index contributed by atoms with van der Waals surface area (Å²) in [5.74, 6) is 3.77. The fraction of sp³-hybridized carbons (Fsp3) is 0.714. The van der Waals surface area contributed by atoms with E-state index in [2.05, 4.69) is 35.0 Å². The number of ether oxygens (including phenoxy) is 3. The predicted octanol–water partition coefficient (Wildman–Crippen LogP) is 5.57. The van der Waals surface area contributed by atoms with Crippen molar-refractivity contribution in [1.29, 1.82) is 0 Å². The third-order valence-electron chi connectivity index (χ3n) is 6.72. The van der Waals surface area contributed by atoms with Crippen LogP contribution in [0.1, 0.15) is 56.6 Å². The monoisotopic (exact) mass is 408 g/mol. The van der Waals surface area contributed by atoms with Crippen molar-refractivity contribution in [2.24, 2.45) is 17.8 Å². The first-order valence-electron chi connectivity index (χ1n) is 9.57. The van der Waals surface area contributed by atoms with E-state index >= 15 is 0 Å². The number of rotatable bonds is 6. The summed E-state index contributed by atoms with van der Waals surface area (Å²) in [7, 11) is 1.65. The van der Waals surface area contributed by atoms with E-state index in [-0.39, 0.29) is 13.1 Å². The van der Waals surface area contributed by atoms with Crippen LogP contribution in [0.4, 0.5) is 0 Å². The van der Waals surface area contributed by atoms with Crippen LogP contribution in [-0.2, 0) is 14.9 Å².